The summed E-state index contributed by atoms with van der Waals surface area (Å²) in [5, 5.41) is 0. The van der Waals surface area contributed by atoms with Crippen molar-refractivity contribution in [3.8, 4) is 0 Å². The molecular formula is C12H24O5S. The average molecular weight is 280 g/mol. The smallest absolute Gasteiger partial charge is 0.314 e. The molecule has 0 aromatic carbocycles. The van der Waals surface area contributed by atoms with Gasteiger partial charge in [-0.15, -0.1) is 0 Å². The summed E-state index contributed by atoms with van der Waals surface area (Å²) in [5.41, 5.74) is -1.42. The first-order valence-corrected chi connectivity index (χ1v) is 7.78. The molecule has 0 amide bonds. The van der Waals surface area contributed by atoms with Gasteiger partial charge in [-0.3, -0.25) is 8.98 Å². The van der Waals surface area contributed by atoms with Crippen LogP contribution in [-0.2, 0) is 23.8 Å². The Morgan fingerprint density at radius 3 is 2.11 bits per heavy atom. The standard InChI is InChI=1S/C10H18O5S.C2H6/c1-5-16(12,13)14-7-10(4)6-9(2,3)15-8(10)11;1-2/h5-7H2,1-4H3;1-2H3. The van der Waals surface area contributed by atoms with E-state index in [2.05, 4.69) is 0 Å². The molecule has 5 nitrogen and oxygen atoms in total. The lowest BCUT2D eigenvalue weighted by Crippen LogP contribution is -2.30. The fourth-order valence-electron chi connectivity index (χ4n) is 1.84. The molecule has 1 fully saturated rings. The van der Waals surface area contributed by atoms with Crippen molar-refractivity contribution < 1.29 is 22.1 Å². The molecule has 1 atom stereocenters. The van der Waals surface area contributed by atoms with E-state index < -0.39 is 27.1 Å². The number of cyclic esters (lactones) is 1. The van der Waals surface area contributed by atoms with Gasteiger partial charge in [0.1, 0.15) is 5.60 Å². The van der Waals surface area contributed by atoms with Gasteiger partial charge in [0.15, 0.2) is 0 Å². The van der Waals surface area contributed by atoms with Crippen LogP contribution in [0.4, 0.5) is 0 Å². The first kappa shape index (κ1) is 17.4. The number of hydrogen-bond acceptors (Lipinski definition) is 5. The van der Waals surface area contributed by atoms with Crippen LogP contribution in [0.1, 0.15) is 48.0 Å². The van der Waals surface area contributed by atoms with Gasteiger partial charge in [0.25, 0.3) is 10.1 Å². The lowest BCUT2D eigenvalue weighted by molar-refractivity contribution is -0.152. The number of carbonyl (C=O) groups excluding carboxylic acids is 1. The quantitative estimate of drug-likeness (QED) is 0.582. The molecule has 0 aliphatic carbocycles. The predicted octanol–water partition coefficient (Wildman–Crippen LogP) is 2.11. The summed E-state index contributed by atoms with van der Waals surface area (Å²) in [7, 11) is -3.51. The molecule has 1 saturated heterocycles. The van der Waals surface area contributed by atoms with Gasteiger partial charge in [-0.1, -0.05) is 13.8 Å². The Morgan fingerprint density at radius 2 is 1.78 bits per heavy atom. The van der Waals surface area contributed by atoms with Crippen LogP contribution >= 0.6 is 0 Å². The lowest BCUT2D eigenvalue weighted by Gasteiger charge is -2.19. The largest absolute Gasteiger partial charge is 0.459 e. The molecule has 0 aromatic heterocycles. The van der Waals surface area contributed by atoms with E-state index in [4.69, 9.17) is 8.92 Å². The Balaban J connectivity index is 0.00000137. The molecular weight excluding hydrogens is 256 g/mol. The molecule has 0 radical (unpaired) electrons. The molecule has 1 aliphatic heterocycles. The molecule has 0 spiro atoms. The Morgan fingerprint density at radius 1 is 1.28 bits per heavy atom. The van der Waals surface area contributed by atoms with E-state index in [-0.39, 0.29) is 12.4 Å². The summed E-state index contributed by atoms with van der Waals surface area (Å²) in [6.07, 6.45) is 0.456. The van der Waals surface area contributed by atoms with Gasteiger partial charge in [0.05, 0.1) is 17.8 Å². The summed E-state index contributed by atoms with van der Waals surface area (Å²) in [4.78, 5) is 11.6. The van der Waals surface area contributed by atoms with Gasteiger partial charge in [-0.2, -0.15) is 8.42 Å². The number of rotatable bonds is 4. The van der Waals surface area contributed by atoms with Crippen LogP contribution in [0.25, 0.3) is 0 Å². The highest BCUT2D eigenvalue weighted by atomic mass is 32.2. The average Bonchev–Trinajstić information content (AvgIpc) is 2.49. The normalized spacial score (nSPS) is 26.2. The maximum absolute atomic E-state index is 11.6. The Kier molecular flexibility index (Phi) is 5.81. The van der Waals surface area contributed by atoms with Crippen LogP contribution in [0.5, 0.6) is 0 Å². The lowest BCUT2D eigenvalue weighted by atomic mass is 9.84. The number of hydrogen-bond donors (Lipinski definition) is 0. The molecule has 0 saturated carbocycles. The fourth-order valence-corrected chi connectivity index (χ4v) is 2.44. The summed E-state index contributed by atoms with van der Waals surface area (Å²) in [5.74, 6) is -0.495. The molecule has 18 heavy (non-hydrogen) atoms. The second-order valence-electron chi connectivity index (χ2n) is 5.00. The minimum atomic E-state index is -3.51. The van der Waals surface area contributed by atoms with Crippen LogP contribution in [0.2, 0.25) is 0 Å². The van der Waals surface area contributed by atoms with Crippen molar-refractivity contribution in [3.05, 3.63) is 0 Å². The van der Waals surface area contributed by atoms with E-state index in [0.29, 0.717) is 6.42 Å². The van der Waals surface area contributed by atoms with Crippen molar-refractivity contribution in [2.45, 2.75) is 53.6 Å². The minimum absolute atomic E-state index is 0.0957. The second-order valence-corrected chi connectivity index (χ2v) is 6.92. The summed E-state index contributed by atoms with van der Waals surface area (Å²) < 4.78 is 32.3. The van der Waals surface area contributed by atoms with Gasteiger partial charge in [0.2, 0.25) is 0 Å². The summed E-state index contributed by atoms with van der Waals surface area (Å²) >= 11 is 0. The second kappa shape index (κ2) is 6.02. The zero-order chi connectivity index (χ0) is 14.6. The SMILES string of the molecule is CC.CCS(=O)(=O)OCC1(C)CC(C)(C)OC1=O. The van der Waals surface area contributed by atoms with E-state index in [1.807, 2.05) is 13.8 Å². The molecule has 1 rings (SSSR count). The Bertz CT molecular complexity index is 385. The van der Waals surface area contributed by atoms with Gasteiger partial charge < -0.3 is 4.74 Å². The molecule has 1 unspecified atom stereocenters. The third kappa shape index (κ3) is 4.57. The molecule has 0 bridgehead atoms. The van der Waals surface area contributed by atoms with Crippen LogP contribution in [0.3, 0.4) is 0 Å². The van der Waals surface area contributed by atoms with Crippen LogP contribution in [-0.4, -0.2) is 32.3 Å². The van der Waals surface area contributed by atoms with E-state index in [1.54, 1.807) is 20.8 Å². The van der Waals surface area contributed by atoms with Gasteiger partial charge in [-0.05, 0) is 27.7 Å². The van der Waals surface area contributed by atoms with E-state index in [0.717, 1.165) is 0 Å². The van der Waals surface area contributed by atoms with Gasteiger partial charge >= 0.3 is 5.97 Å². The van der Waals surface area contributed by atoms with E-state index in [9.17, 15) is 13.2 Å². The predicted molar refractivity (Wildman–Crippen MR) is 69.7 cm³/mol. The highest BCUT2D eigenvalue weighted by Crippen LogP contribution is 2.40. The molecule has 0 aromatic rings. The minimum Gasteiger partial charge on any atom is -0.459 e. The number of esters is 1. The van der Waals surface area contributed by atoms with Crippen molar-refractivity contribution in [3.63, 3.8) is 0 Å². The Labute approximate surface area is 110 Å². The third-order valence-corrected chi connectivity index (χ3v) is 3.77. The van der Waals surface area contributed by atoms with Crippen LogP contribution in [0.15, 0.2) is 0 Å². The van der Waals surface area contributed by atoms with Crippen molar-refractivity contribution in [2.24, 2.45) is 5.41 Å². The first-order chi connectivity index (χ1) is 8.10. The van der Waals surface area contributed by atoms with Crippen molar-refractivity contribution in [1.29, 1.82) is 0 Å². The van der Waals surface area contributed by atoms with Gasteiger partial charge in [-0.25, -0.2) is 0 Å². The number of carbonyl (C=O) groups is 1. The summed E-state index contributed by atoms with van der Waals surface area (Å²) in [6.45, 7) is 10.6. The maximum Gasteiger partial charge on any atom is 0.314 e. The molecule has 108 valence electrons. The highest BCUT2D eigenvalue weighted by Gasteiger charge is 2.50. The van der Waals surface area contributed by atoms with Gasteiger partial charge in [0, 0.05) is 6.42 Å². The molecule has 6 heteroatoms. The molecule has 0 N–H and O–H groups in total. The monoisotopic (exact) mass is 280 g/mol. The van der Waals surface area contributed by atoms with Crippen molar-refractivity contribution >= 4 is 16.1 Å². The number of ether oxygens (including phenoxy) is 1. The zero-order valence-electron chi connectivity index (χ0n) is 12.1. The van der Waals surface area contributed by atoms with E-state index >= 15 is 0 Å². The Hall–Kier alpha value is -0.620. The summed E-state index contributed by atoms with van der Waals surface area (Å²) in [6, 6.07) is 0. The molecule has 1 heterocycles. The molecule has 1 aliphatic rings. The van der Waals surface area contributed by atoms with Crippen molar-refractivity contribution in [1.82, 2.24) is 0 Å². The van der Waals surface area contributed by atoms with Crippen molar-refractivity contribution in [2.75, 3.05) is 12.4 Å². The van der Waals surface area contributed by atoms with Crippen LogP contribution in [0, 0.1) is 5.41 Å². The first-order valence-electron chi connectivity index (χ1n) is 6.21. The van der Waals surface area contributed by atoms with E-state index in [1.165, 1.54) is 6.92 Å². The fraction of sp³-hybridized carbons (Fsp3) is 0.917. The van der Waals surface area contributed by atoms with Crippen LogP contribution < -0.4 is 0 Å². The third-order valence-electron chi connectivity index (χ3n) is 2.59. The highest BCUT2D eigenvalue weighted by molar-refractivity contribution is 7.86. The topological polar surface area (TPSA) is 69.7 Å². The zero-order valence-corrected chi connectivity index (χ0v) is 12.9. The maximum atomic E-state index is 11.6.